The van der Waals surface area contributed by atoms with Gasteiger partial charge in [-0.15, -0.1) is 0 Å². The van der Waals surface area contributed by atoms with Crippen molar-refractivity contribution in [3.05, 3.63) is 41.0 Å². The van der Waals surface area contributed by atoms with Crippen molar-refractivity contribution in [3.8, 4) is 5.75 Å². The number of likely N-dealkylation sites (tertiary alicyclic amines) is 1. The largest absolute Gasteiger partial charge is 0.490 e. The van der Waals surface area contributed by atoms with E-state index in [1.807, 2.05) is 4.90 Å². The Bertz CT molecular complexity index is 779. The van der Waals surface area contributed by atoms with Gasteiger partial charge in [0.15, 0.2) is 5.82 Å². The van der Waals surface area contributed by atoms with Crippen molar-refractivity contribution in [2.24, 2.45) is 0 Å². The molecule has 0 radical (unpaired) electrons. The second kappa shape index (κ2) is 9.71. The van der Waals surface area contributed by atoms with Crippen molar-refractivity contribution in [1.29, 1.82) is 0 Å². The molecule has 1 aromatic heterocycles. The van der Waals surface area contributed by atoms with Crippen LogP contribution in [0.5, 0.6) is 5.75 Å². The van der Waals surface area contributed by atoms with Gasteiger partial charge in [-0.3, -0.25) is 4.79 Å². The van der Waals surface area contributed by atoms with Crippen LogP contribution >= 0.6 is 0 Å². The third-order valence-electron chi connectivity index (χ3n) is 5.20. The predicted octanol–water partition coefficient (Wildman–Crippen LogP) is 4.03. The highest BCUT2D eigenvalue weighted by Crippen LogP contribution is 2.24. The SMILES string of the molecule is CCCc1noc(CCCC(=O)N2CCC(Oc3cc(C)ccc3C)CC2)n1. The Morgan fingerprint density at radius 2 is 2.04 bits per heavy atom. The van der Waals surface area contributed by atoms with Gasteiger partial charge in [0.2, 0.25) is 11.8 Å². The number of aryl methyl sites for hydroxylation is 4. The maximum absolute atomic E-state index is 12.5. The Kier molecular flexibility index (Phi) is 7.06. The molecule has 1 aliphatic rings. The lowest BCUT2D eigenvalue weighted by Crippen LogP contribution is -2.41. The van der Waals surface area contributed by atoms with Crippen LogP contribution in [0.2, 0.25) is 0 Å². The number of aromatic nitrogens is 2. The summed E-state index contributed by atoms with van der Waals surface area (Å²) in [6.07, 6.45) is 5.70. The van der Waals surface area contributed by atoms with Crippen LogP contribution in [0.15, 0.2) is 22.7 Å². The number of ether oxygens (including phenoxy) is 1. The van der Waals surface area contributed by atoms with E-state index in [0.29, 0.717) is 18.7 Å². The minimum atomic E-state index is 0.180. The number of carbonyl (C=O) groups excluding carboxylic acids is 1. The molecule has 1 amide bonds. The Morgan fingerprint density at radius 3 is 2.79 bits per heavy atom. The van der Waals surface area contributed by atoms with Gasteiger partial charge in [0, 0.05) is 45.2 Å². The van der Waals surface area contributed by atoms with Crippen molar-refractivity contribution < 1.29 is 14.1 Å². The van der Waals surface area contributed by atoms with E-state index in [2.05, 4.69) is 49.1 Å². The van der Waals surface area contributed by atoms with Crippen molar-refractivity contribution >= 4 is 5.91 Å². The first-order valence-corrected chi connectivity index (χ1v) is 10.4. The zero-order valence-corrected chi connectivity index (χ0v) is 17.2. The lowest BCUT2D eigenvalue weighted by Gasteiger charge is -2.32. The number of hydrogen-bond acceptors (Lipinski definition) is 5. The Balaban J connectivity index is 1.39. The molecule has 1 aliphatic heterocycles. The highest BCUT2D eigenvalue weighted by Gasteiger charge is 2.24. The molecule has 1 saturated heterocycles. The maximum Gasteiger partial charge on any atom is 0.226 e. The fraction of sp³-hybridized carbons (Fsp3) is 0.591. The summed E-state index contributed by atoms with van der Waals surface area (Å²) in [4.78, 5) is 18.8. The van der Waals surface area contributed by atoms with Crippen molar-refractivity contribution in [1.82, 2.24) is 15.0 Å². The molecule has 0 atom stereocenters. The average Bonchev–Trinajstić information content (AvgIpc) is 3.13. The third kappa shape index (κ3) is 5.57. The van der Waals surface area contributed by atoms with Crippen molar-refractivity contribution in [2.45, 2.75) is 71.8 Å². The van der Waals surface area contributed by atoms with E-state index in [9.17, 15) is 4.79 Å². The summed E-state index contributed by atoms with van der Waals surface area (Å²) < 4.78 is 11.4. The van der Waals surface area contributed by atoms with Crippen LogP contribution in [-0.4, -0.2) is 40.1 Å². The topological polar surface area (TPSA) is 68.5 Å². The number of hydrogen-bond donors (Lipinski definition) is 0. The zero-order chi connectivity index (χ0) is 19.9. The number of rotatable bonds is 8. The molecule has 0 spiro atoms. The summed E-state index contributed by atoms with van der Waals surface area (Å²) in [5, 5.41) is 3.95. The van der Waals surface area contributed by atoms with Crippen molar-refractivity contribution in [2.75, 3.05) is 13.1 Å². The van der Waals surface area contributed by atoms with Gasteiger partial charge in [-0.25, -0.2) is 0 Å². The van der Waals surface area contributed by atoms with Crippen LogP contribution in [0.25, 0.3) is 0 Å². The third-order valence-corrected chi connectivity index (χ3v) is 5.20. The normalized spacial score (nSPS) is 15.0. The van der Waals surface area contributed by atoms with Crippen LogP contribution < -0.4 is 4.74 Å². The molecule has 0 saturated carbocycles. The quantitative estimate of drug-likeness (QED) is 0.686. The van der Waals surface area contributed by atoms with Crippen molar-refractivity contribution in [3.63, 3.8) is 0 Å². The number of amides is 1. The van der Waals surface area contributed by atoms with Crippen LogP contribution in [0, 0.1) is 13.8 Å². The maximum atomic E-state index is 12.5. The van der Waals surface area contributed by atoms with E-state index < -0.39 is 0 Å². The van der Waals surface area contributed by atoms with E-state index in [1.165, 1.54) is 5.56 Å². The number of nitrogens with zero attached hydrogens (tertiary/aromatic N) is 3. The van der Waals surface area contributed by atoms with Crippen LogP contribution in [0.1, 0.15) is 61.9 Å². The second-order valence-electron chi connectivity index (χ2n) is 7.67. The molecule has 0 unspecified atom stereocenters. The fourth-order valence-electron chi connectivity index (χ4n) is 3.50. The van der Waals surface area contributed by atoms with Gasteiger partial charge in [-0.1, -0.05) is 24.2 Å². The molecule has 6 nitrogen and oxygen atoms in total. The zero-order valence-electron chi connectivity index (χ0n) is 17.2. The molecular formula is C22H31N3O3. The number of piperidine rings is 1. The minimum Gasteiger partial charge on any atom is -0.490 e. The predicted molar refractivity (Wildman–Crippen MR) is 107 cm³/mol. The lowest BCUT2D eigenvalue weighted by molar-refractivity contribution is -0.133. The molecule has 28 heavy (non-hydrogen) atoms. The van der Waals surface area contributed by atoms with E-state index in [4.69, 9.17) is 9.26 Å². The summed E-state index contributed by atoms with van der Waals surface area (Å²) in [6, 6.07) is 6.29. The summed E-state index contributed by atoms with van der Waals surface area (Å²) >= 11 is 0. The van der Waals surface area contributed by atoms with E-state index in [-0.39, 0.29) is 12.0 Å². The first-order chi connectivity index (χ1) is 13.5. The molecule has 0 N–H and O–H groups in total. The molecule has 3 rings (SSSR count). The van der Waals surface area contributed by atoms with Gasteiger partial charge in [-0.2, -0.15) is 4.98 Å². The Hall–Kier alpha value is -2.37. The average molecular weight is 386 g/mol. The monoisotopic (exact) mass is 385 g/mol. The summed E-state index contributed by atoms with van der Waals surface area (Å²) in [7, 11) is 0. The van der Waals surface area contributed by atoms with Gasteiger partial charge in [0.05, 0.1) is 0 Å². The smallest absolute Gasteiger partial charge is 0.226 e. The van der Waals surface area contributed by atoms with Gasteiger partial charge in [0.1, 0.15) is 11.9 Å². The molecule has 0 bridgehead atoms. The second-order valence-corrected chi connectivity index (χ2v) is 7.67. The molecule has 1 aromatic carbocycles. The van der Waals surface area contributed by atoms with Crippen LogP contribution in [0.3, 0.4) is 0 Å². The highest BCUT2D eigenvalue weighted by molar-refractivity contribution is 5.76. The molecule has 0 aliphatic carbocycles. The first-order valence-electron chi connectivity index (χ1n) is 10.4. The van der Waals surface area contributed by atoms with E-state index in [1.54, 1.807) is 0 Å². The highest BCUT2D eigenvalue weighted by atomic mass is 16.5. The van der Waals surface area contributed by atoms with Gasteiger partial charge < -0.3 is 14.2 Å². The summed E-state index contributed by atoms with van der Waals surface area (Å²) in [5.74, 6) is 2.57. The van der Waals surface area contributed by atoms with E-state index >= 15 is 0 Å². The lowest BCUT2D eigenvalue weighted by atomic mass is 10.1. The van der Waals surface area contributed by atoms with Crippen LogP contribution in [-0.2, 0) is 17.6 Å². The molecule has 152 valence electrons. The van der Waals surface area contributed by atoms with Gasteiger partial charge in [-0.05, 0) is 43.9 Å². The molecule has 1 fully saturated rings. The summed E-state index contributed by atoms with van der Waals surface area (Å²) in [6.45, 7) is 7.75. The standard InChI is InChI=1S/C22H31N3O3/c1-4-6-20-23-21(28-24-20)7-5-8-22(26)25-13-11-18(12-14-25)27-19-15-16(2)9-10-17(19)3/h9-10,15,18H,4-8,11-14H2,1-3H3. The van der Waals surface area contributed by atoms with Gasteiger partial charge >= 0.3 is 0 Å². The number of benzene rings is 1. The molecular weight excluding hydrogens is 354 g/mol. The summed E-state index contributed by atoms with van der Waals surface area (Å²) in [5.41, 5.74) is 2.36. The Labute approximate surface area is 167 Å². The first kappa shape index (κ1) is 20.4. The fourth-order valence-corrected chi connectivity index (χ4v) is 3.50. The molecule has 2 aromatic rings. The van der Waals surface area contributed by atoms with Gasteiger partial charge in [0.25, 0.3) is 0 Å². The van der Waals surface area contributed by atoms with E-state index in [0.717, 1.165) is 62.3 Å². The molecule has 2 heterocycles. The minimum absolute atomic E-state index is 0.180. The molecule has 6 heteroatoms. The van der Waals surface area contributed by atoms with Crippen LogP contribution in [0.4, 0.5) is 0 Å². The Morgan fingerprint density at radius 1 is 1.25 bits per heavy atom. The number of carbonyl (C=O) groups is 1.